The highest BCUT2D eigenvalue weighted by atomic mass is 19.1. The summed E-state index contributed by atoms with van der Waals surface area (Å²) in [4.78, 5) is 7.14. The van der Waals surface area contributed by atoms with E-state index >= 15 is 0 Å². The number of hydrogen-bond donors (Lipinski definition) is 2. The zero-order valence-corrected chi connectivity index (χ0v) is 30.3. The summed E-state index contributed by atoms with van der Waals surface area (Å²) in [6.45, 7) is 24.0. The number of amidine groups is 1. The molecule has 4 aromatic carbocycles. The number of nitrogens with one attached hydrogen (secondary N) is 2. The summed E-state index contributed by atoms with van der Waals surface area (Å²) in [5.74, 6) is -1.45. The van der Waals surface area contributed by atoms with E-state index in [2.05, 4.69) is 76.3 Å². The molecule has 0 fully saturated rings. The topological polar surface area (TPSA) is 51.5 Å². The average Bonchev–Trinajstić information content (AvgIpc) is 3.10. The lowest BCUT2D eigenvalue weighted by molar-refractivity contribution is 0.378. The predicted octanol–water partition coefficient (Wildman–Crippen LogP) is 11.9. The second-order valence-electron chi connectivity index (χ2n) is 14.2. The van der Waals surface area contributed by atoms with Crippen molar-refractivity contribution in [1.82, 2.24) is 0 Å². The summed E-state index contributed by atoms with van der Waals surface area (Å²) in [5, 5.41) is 12.1. The third-order valence-electron chi connectivity index (χ3n) is 8.86. The molecule has 1 heterocycles. The molecular formula is C45H45F3N4. The fourth-order valence-corrected chi connectivity index (χ4v) is 6.64. The van der Waals surface area contributed by atoms with Crippen molar-refractivity contribution in [3.05, 3.63) is 156 Å². The Balaban J connectivity index is 1.80. The quantitative estimate of drug-likeness (QED) is 0.0830. The van der Waals surface area contributed by atoms with E-state index < -0.39 is 23.7 Å². The van der Waals surface area contributed by atoms with Crippen LogP contribution in [0, 0.1) is 28.4 Å². The molecule has 2 atom stereocenters. The molecular weight excluding hydrogens is 654 g/mol. The number of aliphatic imine (C=N–C) groups is 1. The molecule has 0 spiro atoms. The molecule has 0 amide bonds. The van der Waals surface area contributed by atoms with Gasteiger partial charge in [0.25, 0.3) is 0 Å². The van der Waals surface area contributed by atoms with Crippen molar-refractivity contribution in [3.63, 3.8) is 0 Å². The Labute approximate surface area is 305 Å². The number of fused-ring (bicyclic) bond motifs is 1. The van der Waals surface area contributed by atoms with Crippen LogP contribution in [0.2, 0.25) is 0 Å². The third-order valence-corrected chi connectivity index (χ3v) is 8.86. The van der Waals surface area contributed by atoms with Crippen LogP contribution in [-0.2, 0) is 12.8 Å². The van der Waals surface area contributed by atoms with Crippen molar-refractivity contribution in [2.24, 2.45) is 16.3 Å². The first-order valence-corrected chi connectivity index (χ1v) is 17.3. The molecule has 0 aliphatic carbocycles. The van der Waals surface area contributed by atoms with Crippen molar-refractivity contribution in [3.8, 4) is 11.1 Å². The molecule has 1 aliphatic heterocycles. The number of alkyl halides is 1. The maximum absolute atomic E-state index is 14.5. The van der Waals surface area contributed by atoms with Gasteiger partial charge >= 0.3 is 0 Å². The standard InChI is InChI=1S/C45H45F3N4/c1-9-30-18-20-41(43(50-27-28(5)46)42(30)38(49)11-3)52-40(12-4)37-19-17-32(36-16-14-13-15-33(36)26-45(6,7)8)24-39(37)51-44(52)31(10-2)21-29-22-34(47)25-35(48)23-29/h9-11,13-20,22-25,28,31,49-50H,1-4,21,26-27H2,5-8H3/t28?,31-/m0/s1. The number of rotatable bonds is 13. The molecule has 0 radical (unpaired) electrons. The summed E-state index contributed by atoms with van der Waals surface area (Å²) < 4.78 is 43.4. The normalized spacial score (nSPS) is 13.7. The molecule has 4 nitrogen and oxygen atoms in total. The van der Waals surface area contributed by atoms with Gasteiger partial charge in [0, 0.05) is 29.7 Å². The van der Waals surface area contributed by atoms with Gasteiger partial charge in [-0.1, -0.05) is 89.1 Å². The van der Waals surface area contributed by atoms with Crippen molar-refractivity contribution in [1.29, 1.82) is 5.41 Å². The monoisotopic (exact) mass is 698 g/mol. The highest BCUT2D eigenvalue weighted by Gasteiger charge is 2.34. The Morgan fingerprint density at radius 1 is 0.981 bits per heavy atom. The number of anilines is 2. The first-order valence-electron chi connectivity index (χ1n) is 17.3. The molecule has 52 heavy (non-hydrogen) atoms. The minimum atomic E-state index is -1.21. The number of allylic oxidation sites excluding steroid dienone is 1. The second-order valence-corrected chi connectivity index (χ2v) is 14.2. The zero-order chi connectivity index (χ0) is 37.7. The molecule has 0 saturated heterocycles. The number of nitrogens with zero attached hydrogens (tertiary/aromatic N) is 2. The molecule has 0 bridgehead atoms. The molecule has 1 aliphatic rings. The van der Waals surface area contributed by atoms with E-state index in [0.29, 0.717) is 45.3 Å². The number of halogens is 3. The Hall–Kier alpha value is -5.65. The first kappa shape index (κ1) is 37.6. The fourth-order valence-electron chi connectivity index (χ4n) is 6.64. The lowest BCUT2D eigenvalue weighted by Crippen LogP contribution is -2.38. The van der Waals surface area contributed by atoms with E-state index in [0.717, 1.165) is 29.2 Å². The van der Waals surface area contributed by atoms with Crippen molar-refractivity contribution in [2.75, 3.05) is 16.8 Å². The van der Waals surface area contributed by atoms with Gasteiger partial charge < -0.3 is 10.7 Å². The summed E-state index contributed by atoms with van der Waals surface area (Å²) >= 11 is 0. The third kappa shape index (κ3) is 8.11. The largest absolute Gasteiger partial charge is 0.380 e. The van der Waals surface area contributed by atoms with Crippen LogP contribution >= 0.6 is 0 Å². The minimum Gasteiger partial charge on any atom is -0.380 e. The second kappa shape index (κ2) is 15.7. The smallest absolute Gasteiger partial charge is 0.126 e. The lowest BCUT2D eigenvalue weighted by Gasteiger charge is -2.37. The van der Waals surface area contributed by atoms with Crippen LogP contribution in [0.25, 0.3) is 22.9 Å². The van der Waals surface area contributed by atoms with E-state index in [1.165, 1.54) is 30.7 Å². The van der Waals surface area contributed by atoms with Crippen LogP contribution in [-0.4, -0.2) is 24.3 Å². The van der Waals surface area contributed by atoms with Gasteiger partial charge in [-0.2, -0.15) is 0 Å². The molecule has 0 saturated carbocycles. The molecule has 5 rings (SSSR count). The van der Waals surface area contributed by atoms with Gasteiger partial charge in [0.1, 0.15) is 23.6 Å². The van der Waals surface area contributed by atoms with Crippen LogP contribution in [0.4, 0.5) is 30.2 Å². The Bertz CT molecular complexity index is 2110. The van der Waals surface area contributed by atoms with E-state index in [-0.39, 0.29) is 24.1 Å². The molecule has 0 aromatic heterocycles. The molecule has 1 unspecified atom stereocenters. The van der Waals surface area contributed by atoms with E-state index in [1.807, 2.05) is 41.3 Å². The summed E-state index contributed by atoms with van der Waals surface area (Å²) in [5.41, 5.74) is 11.1. The first-order chi connectivity index (χ1) is 24.8. The maximum Gasteiger partial charge on any atom is 0.126 e. The van der Waals surface area contributed by atoms with Crippen LogP contribution in [0.1, 0.15) is 55.5 Å². The van der Waals surface area contributed by atoms with Gasteiger partial charge in [-0.05, 0) is 89.4 Å². The molecule has 7 heteroatoms. The van der Waals surface area contributed by atoms with Gasteiger partial charge in [-0.25, -0.2) is 18.2 Å². The lowest BCUT2D eigenvalue weighted by atomic mass is 9.84. The molecule has 4 aromatic rings. The molecule has 266 valence electrons. The van der Waals surface area contributed by atoms with Crippen molar-refractivity contribution in [2.45, 2.75) is 46.7 Å². The molecule has 2 N–H and O–H groups in total. The highest BCUT2D eigenvalue weighted by Crippen LogP contribution is 2.45. The minimum absolute atomic E-state index is 0.0418. The van der Waals surface area contributed by atoms with Crippen LogP contribution < -0.4 is 10.2 Å². The Morgan fingerprint density at radius 2 is 1.69 bits per heavy atom. The van der Waals surface area contributed by atoms with Crippen LogP contribution in [0.3, 0.4) is 0 Å². The fraction of sp³-hybridized carbons (Fsp3) is 0.222. The Morgan fingerprint density at radius 3 is 2.31 bits per heavy atom. The average molecular weight is 699 g/mol. The summed E-state index contributed by atoms with van der Waals surface area (Å²) in [6.07, 6.45) is 4.59. The van der Waals surface area contributed by atoms with E-state index in [1.54, 1.807) is 12.2 Å². The van der Waals surface area contributed by atoms with Crippen molar-refractivity contribution < 1.29 is 13.2 Å². The summed E-state index contributed by atoms with van der Waals surface area (Å²) in [7, 11) is 0. The van der Waals surface area contributed by atoms with E-state index in [4.69, 9.17) is 10.4 Å². The van der Waals surface area contributed by atoms with Gasteiger partial charge in [-0.15, -0.1) is 12.3 Å². The predicted molar refractivity (Wildman–Crippen MR) is 214 cm³/mol. The summed E-state index contributed by atoms with van der Waals surface area (Å²) in [6, 6.07) is 21.5. The van der Waals surface area contributed by atoms with Gasteiger partial charge in [0.05, 0.1) is 28.5 Å². The zero-order valence-electron chi connectivity index (χ0n) is 30.3. The SMILES string of the molecule is C=C=C1c2ccc(-c3ccccc3CC(C)(C)C)cc2N=C([C@@H](C=C)Cc2cc(F)cc(F)c2)N1c1ccc(C=C)c(C(=N)C=C)c1NCC(C)F. The van der Waals surface area contributed by atoms with Gasteiger partial charge in [-0.3, -0.25) is 4.90 Å². The number of hydrogen-bond acceptors (Lipinski definition) is 4. The van der Waals surface area contributed by atoms with Gasteiger partial charge in [0.2, 0.25) is 0 Å². The number of benzene rings is 4. The van der Waals surface area contributed by atoms with Crippen molar-refractivity contribution >= 4 is 40.4 Å². The maximum atomic E-state index is 14.5. The van der Waals surface area contributed by atoms with Gasteiger partial charge in [0.15, 0.2) is 0 Å². The Kier molecular flexibility index (Phi) is 11.4. The van der Waals surface area contributed by atoms with E-state index in [9.17, 15) is 13.2 Å². The van der Waals surface area contributed by atoms with Crippen LogP contribution in [0.5, 0.6) is 0 Å². The highest BCUT2D eigenvalue weighted by molar-refractivity contribution is 6.20. The van der Waals surface area contributed by atoms with Crippen LogP contribution in [0.15, 0.2) is 122 Å².